The molecule has 3 aromatic rings. The minimum absolute atomic E-state index is 0.507. The first kappa shape index (κ1) is 15.9. The second-order valence-corrected chi connectivity index (χ2v) is 7.01. The number of anilines is 1. The highest BCUT2D eigenvalue weighted by atomic mass is 16.5. The Kier molecular flexibility index (Phi) is 3.61. The quantitative estimate of drug-likeness (QED) is 0.425. The molecule has 136 valence electrons. The predicted molar refractivity (Wildman–Crippen MR) is 100 cm³/mol. The third kappa shape index (κ3) is 2.63. The maximum atomic E-state index is 8.50. The van der Waals surface area contributed by atoms with Gasteiger partial charge in [-0.1, -0.05) is 5.11 Å². The SMILES string of the molecule is COc1ccc(-c2nc(N3CC4C(CN=[N+]=[N-])C4C3)nc3nc[nH]c23)cc1. The maximum Gasteiger partial charge on any atom is 0.228 e. The summed E-state index contributed by atoms with van der Waals surface area (Å²) in [7, 11) is 1.65. The van der Waals surface area contributed by atoms with E-state index < -0.39 is 0 Å². The summed E-state index contributed by atoms with van der Waals surface area (Å²) < 4.78 is 5.25. The second-order valence-electron chi connectivity index (χ2n) is 7.01. The van der Waals surface area contributed by atoms with Crippen LogP contribution in [0.3, 0.4) is 0 Å². The summed E-state index contributed by atoms with van der Waals surface area (Å²) in [4.78, 5) is 22.1. The van der Waals surface area contributed by atoms with E-state index in [1.54, 1.807) is 13.4 Å². The fraction of sp³-hybridized carbons (Fsp3) is 0.389. The number of nitrogens with zero attached hydrogens (tertiary/aromatic N) is 7. The lowest BCUT2D eigenvalue weighted by molar-refractivity contribution is 0.415. The summed E-state index contributed by atoms with van der Waals surface area (Å²) in [5.74, 6) is 3.15. The zero-order valence-electron chi connectivity index (χ0n) is 14.8. The minimum Gasteiger partial charge on any atom is -0.497 e. The van der Waals surface area contributed by atoms with Gasteiger partial charge in [0.05, 0.1) is 13.4 Å². The average Bonchev–Trinajstić information content (AvgIpc) is 3.09. The van der Waals surface area contributed by atoms with Crippen molar-refractivity contribution in [2.75, 3.05) is 31.6 Å². The summed E-state index contributed by atoms with van der Waals surface area (Å²) in [6, 6.07) is 7.82. The molecule has 1 aliphatic carbocycles. The third-order valence-corrected chi connectivity index (χ3v) is 5.65. The van der Waals surface area contributed by atoms with Gasteiger partial charge in [0.2, 0.25) is 5.95 Å². The first-order chi connectivity index (χ1) is 13.3. The van der Waals surface area contributed by atoms with E-state index in [-0.39, 0.29) is 0 Å². The lowest BCUT2D eigenvalue weighted by Crippen LogP contribution is -2.26. The van der Waals surface area contributed by atoms with Gasteiger partial charge in [0.25, 0.3) is 0 Å². The Morgan fingerprint density at radius 3 is 2.74 bits per heavy atom. The van der Waals surface area contributed by atoms with E-state index >= 15 is 0 Å². The van der Waals surface area contributed by atoms with Gasteiger partial charge >= 0.3 is 0 Å². The van der Waals surface area contributed by atoms with E-state index in [1.807, 2.05) is 24.3 Å². The van der Waals surface area contributed by atoms with Crippen LogP contribution in [0.1, 0.15) is 0 Å². The molecule has 1 N–H and O–H groups in total. The van der Waals surface area contributed by atoms with Crippen LogP contribution in [0.4, 0.5) is 5.95 Å². The van der Waals surface area contributed by atoms with Gasteiger partial charge in [0.1, 0.15) is 17.0 Å². The first-order valence-corrected chi connectivity index (χ1v) is 8.90. The lowest BCUT2D eigenvalue weighted by Gasteiger charge is -2.20. The Balaban J connectivity index is 1.45. The number of rotatable bonds is 5. The number of aromatic amines is 1. The third-order valence-electron chi connectivity index (χ3n) is 5.65. The molecule has 1 aromatic carbocycles. The van der Waals surface area contributed by atoms with E-state index in [9.17, 15) is 0 Å². The van der Waals surface area contributed by atoms with Gasteiger partial charge in [-0.15, -0.1) is 0 Å². The highest BCUT2D eigenvalue weighted by Gasteiger charge is 2.55. The summed E-state index contributed by atoms with van der Waals surface area (Å²) in [5, 5.41) is 3.72. The van der Waals surface area contributed by atoms with E-state index in [0.717, 1.165) is 35.6 Å². The van der Waals surface area contributed by atoms with Crippen molar-refractivity contribution in [2.45, 2.75) is 0 Å². The molecule has 2 aliphatic rings. The molecular weight excluding hydrogens is 344 g/mol. The van der Waals surface area contributed by atoms with Crippen LogP contribution >= 0.6 is 0 Å². The maximum absolute atomic E-state index is 8.50. The highest BCUT2D eigenvalue weighted by molar-refractivity contribution is 5.88. The van der Waals surface area contributed by atoms with Gasteiger partial charge in [0.15, 0.2) is 5.65 Å². The van der Waals surface area contributed by atoms with Crippen molar-refractivity contribution in [2.24, 2.45) is 22.9 Å². The van der Waals surface area contributed by atoms with Gasteiger partial charge in [-0.05, 0) is 47.6 Å². The molecule has 9 nitrogen and oxygen atoms in total. The molecule has 1 saturated heterocycles. The van der Waals surface area contributed by atoms with Crippen LogP contribution in [-0.4, -0.2) is 46.7 Å². The number of hydrogen-bond acceptors (Lipinski definition) is 6. The largest absolute Gasteiger partial charge is 0.497 e. The predicted octanol–water partition coefficient (Wildman–Crippen LogP) is 3.02. The van der Waals surface area contributed by atoms with Crippen LogP contribution in [0, 0.1) is 17.8 Å². The molecule has 1 saturated carbocycles. The fourth-order valence-corrected chi connectivity index (χ4v) is 4.14. The van der Waals surface area contributed by atoms with E-state index in [0.29, 0.717) is 35.9 Å². The molecule has 2 fully saturated rings. The number of ether oxygens (including phenoxy) is 1. The van der Waals surface area contributed by atoms with Gasteiger partial charge in [0, 0.05) is 30.1 Å². The molecule has 0 bridgehead atoms. The molecule has 27 heavy (non-hydrogen) atoms. The number of imidazole rings is 1. The van der Waals surface area contributed by atoms with Gasteiger partial charge in [-0.2, -0.15) is 4.98 Å². The monoisotopic (exact) mass is 362 g/mol. The lowest BCUT2D eigenvalue weighted by atomic mass is 10.1. The summed E-state index contributed by atoms with van der Waals surface area (Å²) >= 11 is 0. The first-order valence-electron chi connectivity index (χ1n) is 8.90. The number of H-pyrrole nitrogens is 1. The standard InChI is InChI=1S/C18H18N8O/c1-27-11-4-2-10(3-5-11)15-16-17(21-9-20-16)24-18(23-15)26-7-13-12(6-22-25-19)14(13)8-26/h2-5,9,12-14H,6-8H2,1H3,(H,20,21,23,24). The number of piperidine rings is 1. The molecule has 2 aromatic heterocycles. The molecule has 3 heterocycles. The zero-order valence-corrected chi connectivity index (χ0v) is 14.8. The number of methoxy groups -OCH3 is 1. The molecule has 0 amide bonds. The minimum atomic E-state index is 0.507. The topological polar surface area (TPSA) is 116 Å². The molecule has 0 spiro atoms. The zero-order chi connectivity index (χ0) is 18.4. The van der Waals surface area contributed by atoms with Crippen LogP contribution < -0.4 is 9.64 Å². The molecule has 2 atom stereocenters. The fourth-order valence-electron chi connectivity index (χ4n) is 4.14. The van der Waals surface area contributed by atoms with Crippen molar-refractivity contribution in [3.63, 3.8) is 0 Å². The number of hydrogen-bond donors (Lipinski definition) is 1. The Bertz CT molecular complexity index is 1030. The number of nitrogens with one attached hydrogen (secondary N) is 1. The molecule has 0 radical (unpaired) electrons. The normalized spacial score (nSPS) is 23.1. The second kappa shape index (κ2) is 6.14. The van der Waals surface area contributed by atoms with Crippen molar-refractivity contribution < 1.29 is 4.74 Å². The van der Waals surface area contributed by atoms with Crippen molar-refractivity contribution in [1.82, 2.24) is 19.9 Å². The van der Waals surface area contributed by atoms with E-state index in [2.05, 4.69) is 29.9 Å². The van der Waals surface area contributed by atoms with Gasteiger partial charge in [-0.25, -0.2) is 9.97 Å². The molecular formula is C18H18N8O. The Morgan fingerprint density at radius 2 is 2.04 bits per heavy atom. The van der Waals surface area contributed by atoms with Gasteiger partial charge < -0.3 is 14.6 Å². The van der Waals surface area contributed by atoms with Crippen molar-refractivity contribution in [3.05, 3.63) is 41.0 Å². The van der Waals surface area contributed by atoms with Crippen LogP contribution in [0.15, 0.2) is 35.7 Å². The Labute approximate surface area is 155 Å². The summed E-state index contributed by atoms with van der Waals surface area (Å²) in [5.41, 5.74) is 11.8. The van der Waals surface area contributed by atoms with Crippen LogP contribution in [-0.2, 0) is 0 Å². The molecule has 9 heteroatoms. The average molecular weight is 362 g/mol. The van der Waals surface area contributed by atoms with Crippen LogP contribution in [0.5, 0.6) is 5.75 Å². The number of azide groups is 1. The number of fused-ring (bicyclic) bond motifs is 2. The molecule has 2 unspecified atom stereocenters. The Hall–Kier alpha value is -3.32. The molecule has 1 aliphatic heterocycles. The summed E-state index contributed by atoms with van der Waals surface area (Å²) in [6.45, 7) is 2.39. The smallest absolute Gasteiger partial charge is 0.228 e. The van der Waals surface area contributed by atoms with Crippen LogP contribution in [0.25, 0.3) is 32.9 Å². The van der Waals surface area contributed by atoms with E-state index in [1.165, 1.54) is 0 Å². The highest BCUT2D eigenvalue weighted by Crippen LogP contribution is 2.52. The van der Waals surface area contributed by atoms with Crippen LogP contribution in [0.2, 0.25) is 0 Å². The number of aromatic nitrogens is 4. The van der Waals surface area contributed by atoms with Crippen molar-refractivity contribution in [3.8, 4) is 17.0 Å². The van der Waals surface area contributed by atoms with Crippen molar-refractivity contribution >= 4 is 17.1 Å². The van der Waals surface area contributed by atoms with Crippen molar-refractivity contribution in [1.29, 1.82) is 0 Å². The van der Waals surface area contributed by atoms with Gasteiger partial charge in [-0.3, -0.25) is 0 Å². The van der Waals surface area contributed by atoms with E-state index in [4.69, 9.17) is 15.3 Å². The number of benzene rings is 1. The Morgan fingerprint density at radius 1 is 1.26 bits per heavy atom. The molecule has 5 rings (SSSR count). The summed E-state index contributed by atoms with van der Waals surface area (Å²) in [6.07, 6.45) is 1.65.